The van der Waals surface area contributed by atoms with E-state index >= 15 is 0 Å². The van der Waals surface area contributed by atoms with Gasteiger partial charge in [0.15, 0.2) is 0 Å². The van der Waals surface area contributed by atoms with Crippen LogP contribution in [-0.2, 0) is 9.53 Å². The van der Waals surface area contributed by atoms with E-state index in [1.165, 1.54) is 4.90 Å². The predicted octanol–water partition coefficient (Wildman–Crippen LogP) is 1.57. The summed E-state index contributed by atoms with van der Waals surface area (Å²) in [5.74, 6) is -0.742. The summed E-state index contributed by atoms with van der Waals surface area (Å²) in [6.07, 6.45) is 1.93. The third kappa shape index (κ3) is 2.73. The Bertz CT molecular complexity index is 819. The zero-order chi connectivity index (χ0) is 17.4. The van der Waals surface area contributed by atoms with Gasteiger partial charge in [0, 0.05) is 31.7 Å². The molecule has 2 N–H and O–H groups in total. The number of methoxy groups -OCH3 is 1. The lowest BCUT2D eigenvalue weighted by atomic mass is 10.0. The minimum absolute atomic E-state index is 0.183. The van der Waals surface area contributed by atoms with Gasteiger partial charge in [0.2, 0.25) is 5.91 Å². The summed E-state index contributed by atoms with van der Waals surface area (Å²) in [5.41, 5.74) is 8.66. The molecule has 0 bridgehead atoms. The number of likely N-dealkylation sites (tertiary alicyclic amines) is 1. The molecule has 6 heteroatoms. The van der Waals surface area contributed by atoms with E-state index in [1.54, 1.807) is 13.3 Å². The number of pyridine rings is 1. The van der Waals surface area contributed by atoms with E-state index in [9.17, 15) is 9.59 Å². The standard InChI is InChI=1S/C18H21N3O3/c1-10-6-13-11(2)4-5-20-16(13)14(7-10)18(23)21-9-12(24-3)8-15(21)17(19)22/h4-7,12,15H,8-9H2,1-3H3,(H2,19,22)/t12-,15-/m0/s1. The Morgan fingerprint density at radius 2 is 2.08 bits per heavy atom. The van der Waals surface area contributed by atoms with Crippen LogP contribution in [0.25, 0.3) is 10.9 Å². The van der Waals surface area contributed by atoms with Gasteiger partial charge in [-0.1, -0.05) is 0 Å². The van der Waals surface area contributed by atoms with Gasteiger partial charge in [0.1, 0.15) is 6.04 Å². The monoisotopic (exact) mass is 327 g/mol. The van der Waals surface area contributed by atoms with Crippen molar-refractivity contribution in [2.75, 3.05) is 13.7 Å². The van der Waals surface area contributed by atoms with E-state index in [4.69, 9.17) is 10.5 Å². The van der Waals surface area contributed by atoms with Crippen molar-refractivity contribution in [3.8, 4) is 0 Å². The summed E-state index contributed by atoms with van der Waals surface area (Å²) < 4.78 is 5.32. The van der Waals surface area contributed by atoms with Crippen LogP contribution >= 0.6 is 0 Å². The number of primary amides is 1. The Labute approximate surface area is 140 Å². The van der Waals surface area contributed by atoms with E-state index < -0.39 is 11.9 Å². The third-order valence-corrected chi connectivity index (χ3v) is 4.62. The molecular weight excluding hydrogens is 306 g/mol. The fraction of sp³-hybridized carbons (Fsp3) is 0.389. The fourth-order valence-electron chi connectivity index (χ4n) is 3.31. The molecule has 24 heavy (non-hydrogen) atoms. The van der Waals surface area contributed by atoms with Crippen molar-refractivity contribution in [2.45, 2.75) is 32.4 Å². The van der Waals surface area contributed by atoms with Crippen LogP contribution in [0.2, 0.25) is 0 Å². The molecule has 1 fully saturated rings. The van der Waals surface area contributed by atoms with E-state index in [2.05, 4.69) is 4.98 Å². The number of fused-ring (bicyclic) bond motifs is 1. The van der Waals surface area contributed by atoms with Gasteiger partial charge in [-0.3, -0.25) is 14.6 Å². The molecule has 0 spiro atoms. The summed E-state index contributed by atoms with van der Waals surface area (Å²) in [4.78, 5) is 30.8. The second-order valence-electron chi connectivity index (χ2n) is 6.31. The smallest absolute Gasteiger partial charge is 0.256 e. The number of ether oxygens (including phenoxy) is 1. The molecule has 0 aliphatic carbocycles. The van der Waals surface area contributed by atoms with Crippen molar-refractivity contribution in [3.05, 3.63) is 41.1 Å². The van der Waals surface area contributed by atoms with Crippen molar-refractivity contribution in [1.29, 1.82) is 0 Å². The summed E-state index contributed by atoms with van der Waals surface area (Å²) in [6, 6.07) is 5.10. The molecule has 6 nitrogen and oxygen atoms in total. The summed E-state index contributed by atoms with van der Waals surface area (Å²) >= 11 is 0. The first-order valence-corrected chi connectivity index (χ1v) is 7.91. The molecule has 2 atom stereocenters. The molecule has 1 aromatic carbocycles. The number of aromatic nitrogens is 1. The number of benzene rings is 1. The molecule has 0 radical (unpaired) electrons. The lowest BCUT2D eigenvalue weighted by Gasteiger charge is -2.23. The van der Waals surface area contributed by atoms with Crippen molar-refractivity contribution in [2.24, 2.45) is 5.73 Å². The number of nitrogens with two attached hydrogens (primary N) is 1. The van der Waals surface area contributed by atoms with Crippen LogP contribution in [0.15, 0.2) is 24.4 Å². The van der Waals surface area contributed by atoms with Gasteiger partial charge >= 0.3 is 0 Å². The largest absolute Gasteiger partial charge is 0.380 e. The van der Waals surface area contributed by atoms with Gasteiger partial charge in [0.05, 0.1) is 17.2 Å². The zero-order valence-electron chi connectivity index (χ0n) is 14.1. The SMILES string of the molecule is CO[C@H]1C[C@@H](C(N)=O)N(C(=O)c2cc(C)cc3c(C)ccnc23)C1. The second kappa shape index (κ2) is 6.20. The van der Waals surface area contributed by atoms with E-state index in [-0.39, 0.29) is 12.0 Å². The molecule has 3 rings (SSSR count). The molecule has 2 aromatic rings. The van der Waals surface area contributed by atoms with Crippen LogP contribution in [0.5, 0.6) is 0 Å². The molecule has 1 aromatic heterocycles. The lowest BCUT2D eigenvalue weighted by Crippen LogP contribution is -2.43. The summed E-state index contributed by atoms with van der Waals surface area (Å²) in [7, 11) is 1.57. The van der Waals surface area contributed by atoms with Crippen LogP contribution in [0, 0.1) is 13.8 Å². The van der Waals surface area contributed by atoms with Crippen LogP contribution in [0.4, 0.5) is 0 Å². The Kier molecular flexibility index (Phi) is 4.24. The predicted molar refractivity (Wildman–Crippen MR) is 90.6 cm³/mol. The first-order chi connectivity index (χ1) is 11.4. The Morgan fingerprint density at radius 3 is 2.75 bits per heavy atom. The van der Waals surface area contributed by atoms with Crippen LogP contribution < -0.4 is 5.73 Å². The Hall–Kier alpha value is -2.47. The van der Waals surface area contributed by atoms with E-state index in [0.29, 0.717) is 24.0 Å². The van der Waals surface area contributed by atoms with Crippen LogP contribution in [0.1, 0.15) is 27.9 Å². The third-order valence-electron chi connectivity index (χ3n) is 4.62. The number of rotatable bonds is 3. The first kappa shape index (κ1) is 16.4. The zero-order valence-corrected chi connectivity index (χ0v) is 14.1. The van der Waals surface area contributed by atoms with Crippen molar-refractivity contribution >= 4 is 22.7 Å². The topological polar surface area (TPSA) is 85.5 Å². The minimum Gasteiger partial charge on any atom is -0.380 e. The van der Waals surface area contributed by atoms with E-state index in [0.717, 1.165) is 16.5 Å². The van der Waals surface area contributed by atoms with Gasteiger partial charge in [-0.05, 0) is 43.2 Å². The maximum atomic E-state index is 13.1. The minimum atomic E-state index is -0.650. The molecule has 1 aliphatic rings. The first-order valence-electron chi connectivity index (χ1n) is 7.91. The number of nitrogens with zero attached hydrogens (tertiary/aromatic N) is 2. The molecule has 1 saturated heterocycles. The number of hydrogen-bond donors (Lipinski definition) is 1. The average Bonchev–Trinajstić information content (AvgIpc) is 2.99. The maximum Gasteiger partial charge on any atom is 0.256 e. The number of carbonyl (C=O) groups excluding carboxylic acids is 2. The highest BCUT2D eigenvalue weighted by Gasteiger charge is 2.39. The number of carbonyl (C=O) groups is 2. The molecule has 0 unspecified atom stereocenters. The Morgan fingerprint density at radius 1 is 1.33 bits per heavy atom. The van der Waals surface area contributed by atoms with Gasteiger partial charge < -0.3 is 15.4 Å². The Balaban J connectivity index is 2.08. The fourth-order valence-corrected chi connectivity index (χ4v) is 3.31. The van der Waals surface area contributed by atoms with Gasteiger partial charge in [-0.2, -0.15) is 0 Å². The number of amides is 2. The van der Waals surface area contributed by atoms with Crippen molar-refractivity contribution in [1.82, 2.24) is 9.88 Å². The maximum absolute atomic E-state index is 13.1. The van der Waals surface area contributed by atoms with E-state index in [1.807, 2.05) is 32.0 Å². The van der Waals surface area contributed by atoms with Crippen molar-refractivity contribution < 1.29 is 14.3 Å². The molecule has 1 aliphatic heterocycles. The summed E-state index contributed by atoms with van der Waals surface area (Å²) in [6.45, 7) is 4.28. The van der Waals surface area contributed by atoms with Gasteiger partial charge in [-0.15, -0.1) is 0 Å². The average molecular weight is 327 g/mol. The second-order valence-corrected chi connectivity index (χ2v) is 6.31. The quantitative estimate of drug-likeness (QED) is 0.927. The molecule has 126 valence electrons. The molecule has 2 amide bonds. The number of aryl methyl sites for hydroxylation is 2. The van der Waals surface area contributed by atoms with Crippen LogP contribution in [0.3, 0.4) is 0 Å². The highest BCUT2D eigenvalue weighted by atomic mass is 16.5. The normalized spacial score (nSPS) is 20.5. The highest BCUT2D eigenvalue weighted by Crippen LogP contribution is 2.27. The van der Waals surface area contributed by atoms with Crippen molar-refractivity contribution in [3.63, 3.8) is 0 Å². The van der Waals surface area contributed by atoms with Gasteiger partial charge in [0.25, 0.3) is 5.91 Å². The molecular formula is C18H21N3O3. The van der Waals surface area contributed by atoms with Gasteiger partial charge in [-0.25, -0.2) is 0 Å². The highest BCUT2D eigenvalue weighted by molar-refractivity contribution is 6.07. The lowest BCUT2D eigenvalue weighted by molar-refractivity contribution is -0.121. The molecule has 2 heterocycles. The number of hydrogen-bond acceptors (Lipinski definition) is 4. The molecule has 0 saturated carbocycles. The summed E-state index contributed by atoms with van der Waals surface area (Å²) in [5, 5.41) is 0.943. The van der Waals surface area contributed by atoms with Crippen LogP contribution in [-0.4, -0.2) is 47.5 Å².